The van der Waals surface area contributed by atoms with E-state index < -0.39 is 10.9 Å². The van der Waals surface area contributed by atoms with Crippen molar-refractivity contribution in [2.75, 3.05) is 21.3 Å². The van der Waals surface area contributed by atoms with Crippen LogP contribution >= 0.6 is 0 Å². The number of nitrogens with zero attached hydrogens (tertiary/aromatic N) is 1. The Balaban J connectivity index is 3.68. The van der Waals surface area contributed by atoms with Gasteiger partial charge in [0.25, 0.3) is 5.69 Å². The van der Waals surface area contributed by atoms with E-state index >= 15 is 0 Å². The molecule has 0 aliphatic heterocycles. The Bertz CT molecular complexity index is 615. The third kappa shape index (κ3) is 3.18. The highest BCUT2D eigenvalue weighted by molar-refractivity contribution is 6.43. The minimum absolute atomic E-state index is 0.134. The van der Waals surface area contributed by atoms with Crippen molar-refractivity contribution in [1.29, 1.82) is 0 Å². The van der Waals surface area contributed by atoms with Gasteiger partial charge in [-0.15, -0.1) is 0 Å². The third-order valence-corrected chi connectivity index (χ3v) is 3.08. The zero-order valence-corrected chi connectivity index (χ0v) is 12.6. The van der Waals surface area contributed by atoms with Crippen LogP contribution in [0.4, 0.5) is 5.69 Å². The highest BCUT2D eigenvalue weighted by atomic mass is 16.6. The average Bonchev–Trinajstić information content (AvgIpc) is 2.45. The van der Waals surface area contributed by atoms with E-state index in [2.05, 4.69) is 4.74 Å². The van der Waals surface area contributed by atoms with E-state index in [1.165, 1.54) is 27.4 Å². The van der Waals surface area contributed by atoms with Crippen LogP contribution in [0, 0.1) is 10.1 Å². The van der Waals surface area contributed by atoms with Crippen LogP contribution in [0.2, 0.25) is 0 Å². The molecule has 0 heterocycles. The molecule has 110 valence electrons. The second-order valence-corrected chi connectivity index (χ2v) is 4.19. The lowest BCUT2D eigenvalue weighted by Crippen LogP contribution is -2.24. The highest BCUT2D eigenvalue weighted by Crippen LogP contribution is 2.29. The van der Waals surface area contributed by atoms with Gasteiger partial charge in [-0.1, -0.05) is 0 Å². The van der Waals surface area contributed by atoms with Crippen molar-refractivity contribution in [1.82, 2.24) is 0 Å². The maximum Gasteiger partial charge on any atom is 0.330 e. The molecule has 0 aliphatic rings. The summed E-state index contributed by atoms with van der Waals surface area (Å²) in [7, 11) is 7.31. The molecule has 1 rings (SSSR count). The molecule has 0 saturated heterocycles. The van der Waals surface area contributed by atoms with Gasteiger partial charge in [0.1, 0.15) is 7.85 Å². The number of hydrogen-bond acceptors (Lipinski definition) is 6. The summed E-state index contributed by atoms with van der Waals surface area (Å²) < 4.78 is 14.9. The number of carbonyl (C=O) groups excluding carboxylic acids is 1. The number of carbonyl (C=O) groups is 1. The number of benzene rings is 1. The Labute approximate surface area is 123 Å². The Morgan fingerprint density at radius 3 is 2.10 bits per heavy atom. The molecule has 0 radical (unpaired) electrons. The van der Waals surface area contributed by atoms with Crippen LogP contribution < -0.4 is 20.4 Å². The molecule has 9 heteroatoms. The number of rotatable bonds is 5. The second kappa shape index (κ2) is 6.83. The lowest BCUT2D eigenvalue weighted by atomic mass is 9.80. The van der Waals surface area contributed by atoms with E-state index in [-0.39, 0.29) is 11.3 Å². The molecule has 0 unspecified atom stereocenters. The predicted molar refractivity (Wildman–Crippen MR) is 83.6 cm³/mol. The summed E-state index contributed by atoms with van der Waals surface area (Å²) >= 11 is 0. The second-order valence-electron chi connectivity index (χ2n) is 4.19. The van der Waals surface area contributed by atoms with Crippen molar-refractivity contribution in [2.45, 2.75) is 0 Å². The molecule has 7 nitrogen and oxygen atoms in total. The summed E-state index contributed by atoms with van der Waals surface area (Å²) in [6.07, 6.45) is 2.47. The van der Waals surface area contributed by atoms with Crippen LogP contribution in [0.15, 0.2) is 6.08 Å². The maximum atomic E-state index is 11.3. The molecule has 0 N–H and O–H groups in total. The first-order chi connectivity index (χ1) is 9.88. The van der Waals surface area contributed by atoms with Crippen LogP contribution in [0.5, 0.6) is 11.5 Å². The molecule has 0 aliphatic carbocycles. The quantitative estimate of drug-likeness (QED) is 0.211. The predicted octanol–water partition coefficient (Wildman–Crippen LogP) is -1.68. The first-order valence-electron chi connectivity index (χ1n) is 6.04. The van der Waals surface area contributed by atoms with E-state index in [0.29, 0.717) is 22.4 Å². The van der Waals surface area contributed by atoms with E-state index in [1.807, 2.05) is 0 Å². The third-order valence-electron chi connectivity index (χ3n) is 3.08. The Kier molecular flexibility index (Phi) is 5.40. The van der Waals surface area contributed by atoms with Gasteiger partial charge < -0.3 is 14.2 Å². The average molecular weight is 291 g/mol. The lowest BCUT2D eigenvalue weighted by molar-refractivity contribution is -0.383. The molecule has 21 heavy (non-hydrogen) atoms. The largest absolute Gasteiger partial charge is 0.493 e. The molecule has 0 atom stereocenters. The topological polar surface area (TPSA) is 87.9 Å². The molecule has 0 amide bonds. The fraction of sp³-hybridized carbons (Fsp3) is 0.250. The Morgan fingerprint density at radius 2 is 1.67 bits per heavy atom. The van der Waals surface area contributed by atoms with Crippen molar-refractivity contribution in [3.63, 3.8) is 0 Å². The van der Waals surface area contributed by atoms with Crippen LogP contribution in [-0.4, -0.2) is 47.9 Å². The van der Waals surface area contributed by atoms with Gasteiger partial charge >= 0.3 is 5.97 Å². The summed E-state index contributed by atoms with van der Waals surface area (Å²) in [5.41, 5.74) is 0.979. The van der Waals surface area contributed by atoms with Crippen molar-refractivity contribution in [2.24, 2.45) is 0 Å². The monoisotopic (exact) mass is 291 g/mol. The van der Waals surface area contributed by atoms with Crippen LogP contribution in [-0.2, 0) is 9.53 Å². The SMILES string of the molecule is Bc1c(/C=C/C(=O)OC)c([N+](=O)[O-])c(B)c(OC)c1OC. The number of nitro groups is 1. The first kappa shape index (κ1) is 16.6. The van der Waals surface area contributed by atoms with Crippen molar-refractivity contribution in [3.05, 3.63) is 21.8 Å². The van der Waals surface area contributed by atoms with Gasteiger partial charge in [-0.3, -0.25) is 10.1 Å². The van der Waals surface area contributed by atoms with Gasteiger partial charge in [0.15, 0.2) is 19.3 Å². The maximum absolute atomic E-state index is 11.3. The number of hydrogen-bond donors (Lipinski definition) is 0. The van der Waals surface area contributed by atoms with Crippen LogP contribution in [0.3, 0.4) is 0 Å². The fourth-order valence-electron chi connectivity index (χ4n) is 2.10. The standard InChI is InChI=1S/C12H15B2NO6/c1-19-7(16)5-4-6-8(13)11(20-2)12(21-3)9(14)10(6)15(17)18/h4-5H,13-14H2,1-3H3/b5-4+. The Hall–Kier alpha value is -2.44. The lowest BCUT2D eigenvalue weighted by Gasteiger charge is -2.16. The highest BCUT2D eigenvalue weighted by Gasteiger charge is 2.26. The number of esters is 1. The normalized spacial score (nSPS) is 10.4. The Morgan fingerprint density at radius 1 is 1.14 bits per heavy atom. The minimum atomic E-state index is -0.601. The molecule has 0 bridgehead atoms. The van der Waals surface area contributed by atoms with Crippen LogP contribution in [0.25, 0.3) is 6.08 Å². The van der Waals surface area contributed by atoms with E-state index in [1.54, 1.807) is 15.7 Å². The summed E-state index contributed by atoms with van der Waals surface area (Å²) in [4.78, 5) is 22.0. The molecular weight excluding hydrogens is 276 g/mol. The molecule has 1 aromatic carbocycles. The van der Waals surface area contributed by atoms with E-state index in [0.717, 1.165) is 6.08 Å². The molecule has 1 aromatic rings. The number of methoxy groups -OCH3 is 3. The zero-order valence-electron chi connectivity index (χ0n) is 12.6. The van der Waals surface area contributed by atoms with Gasteiger partial charge in [0.05, 0.1) is 26.3 Å². The fourth-order valence-corrected chi connectivity index (χ4v) is 2.10. The van der Waals surface area contributed by atoms with Gasteiger partial charge in [-0.25, -0.2) is 4.79 Å². The molecule has 0 saturated carbocycles. The minimum Gasteiger partial charge on any atom is -0.493 e. The van der Waals surface area contributed by atoms with Crippen molar-refractivity contribution in [3.8, 4) is 11.5 Å². The molecule has 0 fully saturated rings. The van der Waals surface area contributed by atoms with Crippen molar-refractivity contribution < 1.29 is 23.9 Å². The summed E-state index contributed by atoms with van der Waals surface area (Å²) in [5.74, 6) is 0.0955. The molecular formula is C12H15B2NO6. The molecule has 0 aromatic heterocycles. The number of nitro benzene ring substituents is 1. The zero-order chi connectivity index (χ0) is 16.2. The van der Waals surface area contributed by atoms with Gasteiger partial charge in [0, 0.05) is 17.1 Å². The van der Waals surface area contributed by atoms with E-state index in [9.17, 15) is 14.9 Å². The summed E-state index contributed by atoms with van der Waals surface area (Å²) in [6.45, 7) is 0. The smallest absolute Gasteiger partial charge is 0.330 e. The number of ether oxygens (including phenoxy) is 3. The van der Waals surface area contributed by atoms with Gasteiger partial charge in [-0.2, -0.15) is 0 Å². The van der Waals surface area contributed by atoms with Gasteiger partial charge in [0.2, 0.25) is 0 Å². The summed E-state index contributed by atoms with van der Waals surface area (Å²) in [6, 6.07) is 0. The van der Waals surface area contributed by atoms with E-state index in [4.69, 9.17) is 9.47 Å². The van der Waals surface area contributed by atoms with Crippen molar-refractivity contribution >= 4 is 44.4 Å². The van der Waals surface area contributed by atoms with Gasteiger partial charge in [-0.05, 0) is 11.5 Å². The first-order valence-corrected chi connectivity index (χ1v) is 6.04. The summed E-state index contributed by atoms with van der Waals surface area (Å²) in [5, 5.41) is 11.3. The van der Waals surface area contributed by atoms with Crippen LogP contribution in [0.1, 0.15) is 5.56 Å². The molecule has 0 spiro atoms.